The van der Waals surface area contributed by atoms with Crippen LogP contribution >= 0.6 is 23.2 Å². The van der Waals surface area contributed by atoms with Crippen molar-refractivity contribution in [1.82, 2.24) is 9.73 Å². The third kappa shape index (κ3) is 6.33. The lowest BCUT2D eigenvalue weighted by atomic mass is 9.91. The predicted molar refractivity (Wildman–Crippen MR) is 148 cm³/mol. The molecule has 0 aromatic heterocycles. The van der Waals surface area contributed by atoms with E-state index in [1.165, 1.54) is 36.2 Å². The molecule has 0 saturated heterocycles. The number of nitrogens with two attached hydrogens (primary N) is 1. The van der Waals surface area contributed by atoms with E-state index in [0.29, 0.717) is 15.8 Å². The quantitative estimate of drug-likeness (QED) is 0.294. The lowest BCUT2D eigenvalue weighted by Crippen LogP contribution is -2.45. The van der Waals surface area contributed by atoms with Crippen LogP contribution in [0.5, 0.6) is 0 Å². The van der Waals surface area contributed by atoms with Gasteiger partial charge in [-0.15, -0.1) is 0 Å². The molecule has 0 fully saturated rings. The molecule has 1 amide bonds. The summed E-state index contributed by atoms with van der Waals surface area (Å²) in [4.78, 5) is 16.2. The molecule has 9 nitrogen and oxygen atoms in total. The van der Waals surface area contributed by atoms with Gasteiger partial charge in [0.1, 0.15) is 0 Å². The van der Waals surface area contributed by atoms with E-state index in [1.54, 1.807) is 12.1 Å². The van der Waals surface area contributed by atoms with Gasteiger partial charge in [-0.3, -0.25) is 4.79 Å². The number of nitrogens with one attached hydrogen (secondary N) is 1. The monoisotopic (exact) mass is 573 g/mol. The number of carbonyl (C=O) groups excluding carboxylic acids is 1. The number of primary amides is 1. The number of nitrogens with zero attached hydrogens (tertiary/aromatic N) is 3. The highest BCUT2D eigenvalue weighted by molar-refractivity contribution is 7.90. The molecule has 0 saturated carbocycles. The first kappa shape index (κ1) is 27.6. The van der Waals surface area contributed by atoms with Gasteiger partial charge in [0.25, 0.3) is 10.0 Å². The number of hydrogen-bond acceptors (Lipinski definition) is 6. The highest BCUT2D eigenvalue weighted by Gasteiger charge is 2.34. The Morgan fingerprint density at radius 1 is 1.05 bits per heavy atom. The molecule has 1 aliphatic heterocycles. The second-order valence-electron chi connectivity index (χ2n) is 8.64. The van der Waals surface area contributed by atoms with Gasteiger partial charge >= 0.3 is 0 Å². The third-order valence-electron chi connectivity index (χ3n) is 5.86. The first-order chi connectivity index (χ1) is 18.0. The highest BCUT2D eigenvalue weighted by atomic mass is 35.5. The van der Waals surface area contributed by atoms with E-state index in [4.69, 9.17) is 34.0 Å². The summed E-state index contributed by atoms with van der Waals surface area (Å²) < 4.78 is 29.0. The summed E-state index contributed by atoms with van der Waals surface area (Å²) in [6.07, 6.45) is -1.28. The Bertz CT molecular complexity index is 1460. The van der Waals surface area contributed by atoms with E-state index >= 15 is 0 Å². The van der Waals surface area contributed by atoms with Crippen molar-refractivity contribution >= 4 is 50.8 Å². The Kier molecular flexibility index (Phi) is 8.37. The van der Waals surface area contributed by atoms with E-state index < -0.39 is 28.1 Å². The number of guanidine groups is 1. The Morgan fingerprint density at radius 3 is 2.18 bits per heavy atom. The minimum absolute atomic E-state index is 0.0806. The van der Waals surface area contributed by atoms with Crippen LogP contribution in [0.25, 0.3) is 0 Å². The number of carbonyl (C=O) groups is 1. The predicted octanol–water partition coefficient (Wildman–Crippen LogP) is 3.37. The summed E-state index contributed by atoms with van der Waals surface area (Å²) in [7, 11) is -4.18. The van der Waals surface area contributed by atoms with Gasteiger partial charge in [0, 0.05) is 16.0 Å². The van der Waals surface area contributed by atoms with Gasteiger partial charge in [-0.1, -0.05) is 65.7 Å². The molecule has 38 heavy (non-hydrogen) atoms. The molecule has 4 N–H and O–H groups in total. The van der Waals surface area contributed by atoms with Crippen molar-refractivity contribution < 1.29 is 18.3 Å². The van der Waals surface area contributed by atoms with E-state index in [-0.39, 0.29) is 23.3 Å². The normalized spacial score (nSPS) is 17.6. The molecule has 3 aromatic rings. The first-order valence-electron chi connectivity index (χ1n) is 11.6. The van der Waals surface area contributed by atoms with E-state index in [0.717, 1.165) is 11.1 Å². The van der Waals surface area contributed by atoms with Gasteiger partial charge in [-0.2, -0.15) is 5.10 Å². The van der Waals surface area contributed by atoms with Gasteiger partial charge in [0.2, 0.25) is 11.9 Å². The fourth-order valence-electron chi connectivity index (χ4n) is 3.94. The maximum absolute atomic E-state index is 13.3. The van der Waals surface area contributed by atoms with Crippen LogP contribution in [-0.2, 0) is 14.8 Å². The summed E-state index contributed by atoms with van der Waals surface area (Å²) in [5.41, 5.74) is 7.81. The van der Waals surface area contributed by atoms with Gasteiger partial charge in [-0.25, -0.2) is 23.1 Å². The molecule has 3 aromatic carbocycles. The number of sulfonamides is 1. The molecule has 0 radical (unpaired) electrons. The second kappa shape index (κ2) is 11.5. The molecule has 3 atom stereocenters. The SMILES string of the molecule is C[C@H](O)[C@@H](N=C(NS(=O)(=O)c1ccc(Cl)cc1)N1C[C@@H](c2ccccc2)C(c2ccc(Cl)cc2)=N1)C(N)=O. The van der Waals surface area contributed by atoms with Gasteiger partial charge in [0.15, 0.2) is 6.04 Å². The standard InChI is InChI=1S/C26H25Cl2N5O4S/c1-16(34)23(25(29)35)30-26(32-38(36,37)21-13-11-20(28)12-14-21)33-15-22(17-5-3-2-4-6-17)24(31-33)18-7-9-19(27)10-8-18/h2-14,16,22-23,34H,15H2,1H3,(H2,29,35)(H,30,32)/t16-,22-,23+/m0/s1. The van der Waals surface area contributed by atoms with Gasteiger partial charge in [-0.05, 0) is 54.4 Å². The fourth-order valence-corrected chi connectivity index (χ4v) is 5.20. The van der Waals surface area contributed by atoms with Crippen molar-refractivity contribution in [2.75, 3.05) is 6.54 Å². The molecule has 1 aliphatic rings. The molecule has 198 valence electrons. The van der Waals surface area contributed by atoms with Crippen LogP contribution in [-0.4, -0.2) is 54.8 Å². The van der Waals surface area contributed by atoms with Gasteiger partial charge in [0.05, 0.1) is 23.3 Å². The number of aliphatic hydroxyl groups is 1. The summed E-state index contributed by atoms with van der Waals surface area (Å²) in [6, 6.07) is 20.8. The molecule has 4 rings (SSSR count). The maximum atomic E-state index is 13.3. The second-order valence-corrected chi connectivity index (χ2v) is 11.2. The van der Waals surface area contributed by atoms with Crippen molar-refractivity contribution in [3.8, 4) is 0 Å². The number of benzene rings is 3. The number of aliphatic hydroxyl groups excluding tert-OH is 1. The van der Waals surface area contributed by atoms with Crippen molar-refractivity contribution in [2.45, 2.75) is 29.9 Å². The maximum Gasteiger partial charge on any atom is 0.264 e. The van der Waals surface area contributed by atoms with Crippen LogP contribution in [0.4, 0.5) is 0 Å². The van der Waals surface area contributed by atoms with Crippen LogP contribution < -0.4 is 10.5 Å². The molecule has 0 aliphatic carbocycles. The van der Waals surface area contributed by atoms with Crippen LogP contribution in [0, 0.1) is 0 Å². The number of aliphatic imine (C=N–C) groups is 1. The third-order valence-corrected chi connectivity index (χ3v) is 7.71. The zero-order valence-electron chi connectivity index (χ0n) is 20.2. The Balaban J connectivity index is 1.81. The number of rotatable bonds is 7. The smallest absolute Gasteiger partial charge is 0.264 e. The Morgan fingerprint density at radius 2 is 1.63 bits per heavy atom. The topological polar surface area (TPSA) is 137 Å². The van der Waals surface area contributed by atoms with Crippen LogP contribution in [0.3, 0.4) is 0 Å². The van der Waals surface area contributed by atoms with Gasteiger partial charge < -0.3 is 10.8 Å². The van der Waals surface area contributed by atoms with E-state index in [1.807, 2.05) is 42.5 Å². The van der Waals surface area contributed by atoms with Crippen LogP contribution in [0.15, 0.2) is 93.9 Å². The molecular weight excluding hydrogens is 549 g/mol. The molecule has 0 spiro atoms. The van der Waals surface area contributed by atoms with Crippen molar-refractivity contribution in [2.24, 2.45) is 15.8 Å². The molecule has 0 bridgehead atoms. The molecule has 1 heterocycles. The summed E-state index contributed by atoms with van der Waals surface area (Å²) in [5.74, 6) is -1.47. The lowest BCUT2D eigenvalue weighted by Gasteiger charge is -2.22. The van der Waals surface area contributed by atoms with Crippen LogP contribution in [0.2, 0.25) is 10.0 Å². The number of halogens is 2. The Labute approximate surface area is 230 Å². The first-order valence-corrected chi connectivity index (χ1v) is 13.8. The molecule has 12 heteroatoms. The summed E-state index contributed by atoms with van der Waals surface area (Å²) >= 11 is 12.0. The van der Waals surface area contributed by atoms with E-state index in [9.17, 15) is 18.3 Å². The number of hydrazone groups is 1. The zero-order valence-corrected chi connectivity index (χ0v) is 22.5. The molecular formula is C26H25Cl2N5O4S. The molecule has 0 unspecified atom stereocenters. The number of hydrogen-bond donors (Lipinski definition) is 3. The van der Waals surface area contributed by atoms with Crippen LogP contribution in [0.1, 0.15) is 24.0 Å². The lowest BCUT2D eigenvalue weighted by molar-refractivity contribution is -0.121. The minimum Gasteiger partial charge on any atom is -0.391 e. The average molecular weight is 574 g/mol. The van der Waals surface area contributed by atoms with Crippen molar-refractivity contribution in [3.63, 3.8) is 0 Å². The minimum atomic E-state index is -4.18. The Hall–Kier alpha value is -3.44. The van der Waals surface area contributed by atoms with E-state index in [2.05, 4.69) is 9.71 Å². The number of amides is 1. The summed E-state index contributed by atoms with van der Waals surface area (Å²) in [5, 5.41) is 17.1. The highest BCUT2D eigenvalue weighted by Crippen LogP contribution is 2.30. The van der Waals surface area contributed by atoms with Crippen molar-refractivity contribution in [1.29, 1.82) is 0 Å². The zero-order chi connectivity index (χ0) is 27.4. The van der Waals surface area contributed by atoms with Crippen molar-refractivity contribution in [3.05, 3.63) is 100 Å². The summed E-state index contributed by atoms with van der Waals surface area (Å²) in [6.45, 7) is 1.53. The fraction of sp³-hybridized carbons (Fsp3) is 0.192. The average Bonchev–Trinajstić information content (AvgIpc) is 3.33. The largest absolute Gasteiger partial charge is 0.391 e.